The van der Waals surface area contributed by atoms with Gasteiger partial charge in [-0.1, -0.05) is 13.8 Å². The molecule has 0 spiro atoms. The highest BCUT2D eigenvalue weighted by atomic mass is 16.7. The molecule has 0 saturated heterocycles. The summed E-state index contributed by atoms with van der Waals surface area (Å²) < 4.78 is 10.7. The molecular weight excluding hydrogens is 230 g/mol. The first-order valence-electron chi connectivity index (χ1n) is 6.35. The molecule has 0 fully saturated rings. The standard InChI is InChI=1S/C14H21NO3/c1-9(2)12(7-16)15-6-11-5-14-13(4-10(11)3)17-8-18-14/h4-5,9,12,15-16H,6-8H2,1-3H3. The third-order valence-electron chi connectivity index (χ3n) is 3.39. The minimum atomic E-state index is 0.120. The molecule has 0 aliphatic carbocycles. The molecule has 1 unspecified atom stereocenters. The van der Waals surface area contributed by atoms with Crippen LogP contribution in [0.4, 0.5) is 0 Å². The monoisotopic (exact) mass is 251 g/mol. The molecule has 2 rings (SSSR count). The summed E-state index contributed by atoms with van der Waals surface area (Å²) in [6.45, 7) is 7.44. The Bertz CT molecular complexity index is 418. The van der Waals surface area contributed by atoms with Crippen LogP contribution in [-0.4, -0.2) is 24.5 Å². The van der Waals surface area contributed by atoms with Crippen molar-refractivity contribution in [3.63, 3.8) is 0 Å². The van der Waals surface area contributed by atoms with E-state index in [1.165, 1.54) is 11.1 Å². The molecule has 0 aromatic heterocycles. The molecule has 1 atom stereocenters. The van der Waals surface area contributed by atoms with Crippen LogP contribution < -0.4 is 14.8 Å². The average Bonchev–Trinajstić information content (AvgIpc) is 2.76. The van der Waals surface area contributed by atoms with Crippen molar-refractivity contribution in [2.24, 2.45) is 5.92 Å². The highest BCUT2D eigenvalue weighted by molar-refractivity contribution is 5.48. The summed E-state index contributed by atoms with van der Waals surface area (Å²) in [6.07, 6.45) is 0. The Labute approximate surface area is 108 Å². The second kappa shape index (κ2) is 5.59. The maximum absolute atomic E-state index is 9.29. The van der Waals surface area contributed by atoms with Gasteiger partial charge in [0.2, 0.25) is 6.79 Å². The third-order valence-corrected chi connectivity index (χ3v) is 3.39. The van der Waals surface area contributed by atoms with Crippen LogP contribution in [0.1, 0.15) is 25.0 Å². The largest absolute Gasteiger partial charge is 0.454 e. The highest BCUT2D eigenvalue weighted by Gasteiger charge is 2.17. The van der Waals surface area contributed by atoms with Crippen molar-refractivity contribution in [2.75, 3.05) is 13.4 Å². The van der Waals surface area contributed by atoms with Crippen LogP contribution in [0.5, 0.6) is 11.5 Å². The topological polar surface area (TPSA) is 50.7 Å². The zero-order valence-electron chi connectivity index (χ0n) is 11.2. The second-order valence-electron chi connectivity index (χ2n) is 5.05. The van der Waals surface area contributed by atoms with Crippen LogP contribution in [0.3, 0.4) is 0 Å². The summed E-state index contributed by atoms with van der Waals surface area (Å²) >= 11 is 0. The number of ether oxygens (including phenoxy) is 2. The number of nitrogens with one attached hydrogen (secondary N) is 1. The van der Waals surface area contributed by atoms with Gasteiger partial charge in [0, 0.05) is 12.6 Å². The normalized spacial score (nSPS) is 15.2. The zero-order chi connectivity index (χ0) is 13.1. The van der Waals surface area contributed by atoms with Crippen LogP contribution in [0.15, 0.2) is 12.1 Å². The van der Waals surface area contributed by atoms with Crippen molar-refractivity contribution in [3.05, 3.63) is 23.3 Å². The Morgan fingerprint density at radius 1 is 1.28 bits per heavy atom. The molecule has 1 aliphatic rings. The van der Waals surface area contributed by atoms with Crippen molar-refractivity contribution in [3.8, 4) is 11.5 Å². The summed E-state index contributed by atoms with van der Waals surface area (Å²) in [6, 6.07) is 4.14. The summed E-state index contributed by atoms with van der Waals surface area (Å²) in [4.78, 5) is 0. The van der Waals surface area contributed by atoms with Gasteiger partial charge in [-0.25, -0.2) is 0 Å². The molecular formula is C14H21NO3. The first-order valence-corrected chi connectivity index (χ1v) is 6.35. The van der Waals surface area contributed by atoms with Crippen molar-refractivity contribution in [1.29, 1.82) is 0 Å². The molecule has 1 aliphatic heterocycles. The van der Waals surface area contributed by atoms with Crippen molar-refractivity contribution in [2.45, 2.75) is 33.4 Å². The van der Waals surface area contributed by atoms with Gasteiger partial charge in [0.15, 0.2) is 11.5 Å². The minimum Gasteiger partial charge on any atom is -0.454 e. The van der Waals surface area contributed by atoms with E-state index in [0.717, 1.165) is 18.0 Å². The van der Waals surface area contributed by atoms with Crippen molar-refractivity contribution in [1.82, 2.24) is 5.32 Å². The molecule has 0 amide bonds. The Balaban J connectivity index is 2.05. The van der Waals surface area contributed by atoms with Crippen LogP contribution in [0.25, 0.3) is 0 Å². The zero-order valence-corrected chi connectivity index (χ0v) is 11.2. The molecule has 1 heterocycles. The number of benzene rings is 1. The summed E-state index contributed by atoms with van der Waals surface area (Å²) in [5.74, 6) is 2.03. The predicted molar refractivity (Wildman–Crippen MR) is 69.9 cm³/mol. The number of fused-ring (bicyclic) bond motifs is 1. The molecule has 1 aromatic carbocycles. The van der Waals surface area contributed by atoms with Crippen molar-refractivity contribution >= 4 is 0 Å². The summed E-state index contributed by atoms with van der Waals surface area (Å²) in [5, 5.41) is 12.7. The van der Waals surface area contributed by atoms with Gasteiger partial charge in [0.1, 0.15) is 0 Å². The van der Waals surface area contributed by atoms with Crippen LogP contribution in [0, 0.1) is 12.8 Å². The summed E-state index contributed by atoms with van der Waals surface area (Å²) in [5.41, 5.74) is 2.35. The van der Waals surface area contributed by atoms with Crippen LogP contribution in [0.2, 0.25) is 0 Å². The quantitative estimate of drug-likeness (QED) is 0.838. The van der Waals surface area contributed by atoms with E-state index in [2.05, 4.69) is 26.1 Å². The first kappa shape index (κ1) is 13.2. The van der Waals surface area contributed by atoms with Gasteiger partial charge in [-0.05, 0) is 36.1 Å². The molecule has 100 valence electrons. The van der Waals surface area contributed by atoms with E-state index < -0.39 is 0 Å². The Kier molecular flexibility index (Phi) is 4.09. The fourth-order valence-electron chi connectivity index (χ4n) is 2.03. The molecule has 4 heteroatoms. The smallest absolute Gasteiger partial charge is 0.231 e. The van der Waals surface area contributed by atoms with Gasteiger partial charge in [-0.2, -0.15) is 0 Å². The van der Waals surface area contributed by atoms with Gasteiger partial charge in [0.05, 0.1) is 6.61 Å². The minimum absolute atomic E-state index is 0.120. The van der Waals surface area contributed by atoms with E-state index in [1.54, 1.807) is 0 Å². The second-order valence-corrected chi connectivity index (χ2v) is 5.05. The predicted octanol–water partition coefficient (Wildman–Crippen LogP) is 1.83. The lowest BCUT2D eigenvalue weighted by molar-refractivity contribution is 0.174. The lowest BCUT2D eigenvalue weighted by Gasteiger charge is -2.20. The number of aryl methyl sites for hydroxylation is 1. The molecule has 0 radical (unpaired) electrons. The van der Waals surface area contributed by atoms with E-state index in [1.807, 2.05) is 12.1 Å². The fraction of sp³-hybridized carbons (Fsp3) is 0.571. The number of aliphatic hydroxyl groups excluding tert-OH is 1. The SMILES string of the molecule is Cc1cc2c(cc1CNC(CO)C(C)C)OCO2. The van der Waals surface area contributed by atoms with Crippen molar-refractivity contribution < 1.29 is 14.6 Å². The molecule has 0 saturated carbocycles. The molecule has 1 aromatic rings. The maximum atomic E-state index is 9.29. The molecule has 18 heavy (non-hydrogen) atoms. The molecule has 2 N–H and O–H groups in total. The van der Waals surface area contributed by atoms with Crippen LogP contribution >= 0.6 is 0 Å². The van der Waals surface area contributed by atoms with E-state index in [4.69, 9.17) is 9.47 Å². The molecule has 0 bridgehead atoms. The van der Waals surface area contributed by atoms with E-state index in [0.29, 0.717) is 12.7 Å². The van der Waals surface area contributed by atoms with Gasteiger partial charge in [-0.3, -0.25) is 0 Å². The average molecular weight is 251 g/mol. The Hall–Kier alpha value is -1.26. The maximum Gasteiger partial charge on any atom is 0.231 e. The molecule has 4 nitrogen and oxygen atoms in total. The van der Waals surface area contributed by atoms with Crippen LogP contribution in [-0.2, 0) is 6.54 Å². The Morgan fingerprint density at radius 3 is 2.56 bits per heavy atom. The van der Waals surface area contributed by atoms with Gasteiger partial charge >= 0.3 is 0 Å². The third kappa shape index (κ3) is 2.76. The Morgan fingerprint density at radius 2 is 1.94 bits per heavy atom. The number of hydrogen-bond donors (Lipinski definition) is 2. The van der Waals surface area contributed by atoms with E-state index >= 15 is 0 Å². The number of aliphatic hydroxyl groups is 1. The van der Waals surface area contributed by atoms with Gasteiger partial charge < -0.3 is 19.9 Å². The number of rotatable bonds is 5. The highest BCUT2D eigenvalue weighted by Crippen LogP contribution is 2.34. The van der Waals surface area contributed by atoms with E-state index in [-0.39, 0.29) is 12.6 Å². The van der Waals surface area contributed by atoms with E-state index in [9.17, 15) is 5.11 Å². The van der Waals surface area contributed by atoms with Gasteiger partial charge in [0.25, 0.3) is 0 Å². The number of hydrogen-bond acceptors (Lipinski definition) is 4. The lowest BCUT2D eigenvalue weighted by Crippen LogP contribution is -2.36. The summed E-state index contributed by atoms with van der Waals surface area (Å²) in [7, 11) is 0. The fourth-order valence-corrected chi connectivity index (χ4v) is 2.03. The lowest BCUT2D eigenvalue weighted by atomic mass is 10.0. The first-order chi connectivity index (χ1) is 8.61. The van der Waals surface area contributed by atoms with Gasteiger partial charge in [-0.15, -0.1) is 0 Å².